The van der Waals surface area contributed by atoms with Crippen LogP contribution >= 0.6 is 23.1 Å². The second kappa shape index (κ2) is 10.7. The average Bonchev–Trinajstić information content (AvgIpc) is 3.60. The molecule has 3 heterocycles. The number of thiophene rings is 1. The van der Waals surface area contributed by atoms with Gasteiger partial charge in [-0.3, -0.25) is 0 Å². The van der Waals surface area contributed by atoms with Crippen LogP contribution in [-0.2, 0) is 12.6 Å². The predicted molar refractivity (Wildman–Crippen MR) is 148 cm³/mol. The molecular weight excluding hydrogens is 517 g/mol. The minimum atomic E-state index is -4.56. The zero-order valence-electron chi connectivity index (χ0n) is 21.2. The van der Waals surface area contributed by atoms with Crippen LogP contribution in [0.2, 0.25) is 0 Å². The van der Waals surface area contributed by atoms with Crippen LogP contribution in [0.4, 0.5) is 35.5 Å². The molecule has 0 bridgehead atoms. The van der Waals surface area contributed by atoms with Crippen LogP contribution in [0.5, 0.6) is 0 Å². The van der Waals surface area contributed by atoms with Crippen LogP contribution in [-0.4, -0.2) is 60.4 Å². The number of nitrogens with one attached hydrogen (secondary N) is 2. The molecule has 2 fully saturated rings. The highest BCUT2D eigenvalue weighted by molar-refractivity contribution is 7.99. The quantitative estimate of drug-likeness (QED) is 0.309. The lowest BCUT2D eigenvalue weighted by Gasteiger charge is -2.34. The molecule has 1 aromatic carbocycles. The highest BCUT2D eigenvalue weighted by Gasteiger charge is 2.36. The number of halogens is 3. The van der Waals surface area contributed by atoms with E-state index in [0.717, 1.165) is 78.5 Å². The lowest BCUT2D eigenvalue weighted by molar-refractivity contribution is -0.137. The van der Waals surface area contributed by atoms with E-state index in [4.69, 9.17) is 0 Å². The number of alkyl halides is 3. The molecule has 3 aromatic rings. The van der Waals surface area contributed by atoms with Gasteiger partial charge in [-0.1, -0.05) is 6.92 Å². The zero-order valence-corrected chi connectivity index (χ0v) is 22.8. The van der Waals surface area contributed by atoms with Gasteiger partial charge in [-0.25, -0.2) is 9.97 Å². The molecule has 0 radical (unpaired) electrons. The van der Waals surface area contributed by atoms with Gasteiger partial charge in [-0.15, -0.1) is 23.1 Å². The third-order valence-corrected chi connectivity index (χ3v) is 8.71. The maximum absolute atomic E-state index is 13.9. The Morgan fingerprint density at radius 1 is 1.14 bits per heavy atom. The summed E-state index contributed by atoms with van der Waals surface area (Å²) in [5.41, 5.74) is 2.10. The molecule has 2 aliphatic rings. The highest BCUT2D eigenvalue weighted by Crippen LogP contribution is 2.45. The Labute approximate surface area is 223 Å². The molecule has 0 unspecified atom stereocenters. The number of piperazine rings is 1. The number of rotatable bonds is 8. The number of hydrogen-bond acceptors (Lipinski definition) is 8. The smallest absolute Gasteiger partial charge is 0.373 e. The van der Waals surface area contributed by atoms with Crippen LogP contribution < -0.4 is 15.5 Å². The third-order valence-electron chi connectivity index (χ3n) is 6.74. The van der Waals surface area contributed by atoms with E-state index in [-0.39, 0.29) is 11.6 Å². The molecule has 1 saturated heterocycles. The minimum Gasteiger partial charge on any atom is -0.373 e. The third kappa shape index (κ3) is 5.99. The fourth-order valence-electron chi connectivity index (χ4n) is 4.37. The molecule has 6 nitrogen and oxygen atoms in total. The Kier molecular flexibility index (Phi) is 7.56. The van der Waals surface area contributed by atoms with E-state index >= 15 is 0 Å². The van der Waals surface area contributed by atoms with Crippen molar-refractivity contribution >= 4 is 45.4 Å². The molecule has 1 aliphatic carbocycles. The van der Waals surface area contributed by atoms with Crippen molar-refractivity contribution in [1.29, 1.82) is 0 Å². The number of nitrogens with zero attached hydrogens (tertiary/aromatic N) is 4. The largest absolute Gasteiger partial charge is 0.420 e. The first-order valence-corrected chi connectivity index (χ1v) is 14.5. The number of aryl methyl sites for hydroxylation is 1. The van der Waals surface area contributed by atoms with Gasteiger partial charge in [0.2, 0.25) is 5.95 Å². The number of anilines is 4. The Bertz CT molecular complexity index is 1250. The van der Waals surface area contributed by atoms with Gasteiger partial charge in [0.05, 0.1) is 10.6 Å². The van der Waals surface area contributed by atoms with Crippen LogP contribution in [0.15, 0.2) is 35.4 Å². The number of thioether (sulfide) groups is 1. The highest BCUT2D eigenvalue weighted by atomic mass is 32.2. The molecule has 37 heavy (non-hydrogen) atoms. The van der Waals surface area contributed by atoms with Gasteiger partial charge in [0.1, 0.15) is 10.6 Å². The lowest BCUT2D eigenvalue weighted by atomic mass is 10.1. The molecule has 11 heteroatoms. The second-order valence-corrected chi connectivity index (χ2v) is 11.4. The molecule has 1 saturated carbocycles. The Balaban J connectivity index is 1.45. The van der Waals surface area contributed by atoms with Crippen LogP contribution in [0.25, 0.3) is 10.6 Å². The van der Waals surface area contributed by atoms with Gasteiger partial charge in [0, 0.05) is 54.7 Å². The molecule has 5 rings (SSSR count). The van der Waals surface area contributed by atoms with Crippen LogP contribution in [0.1, 0.15) is 30.9 Å². The average molecular weight is 549 g/mol. The number of likely N-dealkylation sites (N-methyl/N-ethyl adjacent to an activating group) is 1. The van der Waals surface area contributed by atoms with Gasteiger partial charge in [0.25, 0.3) is 0 Å². The standard InChI is InChI=1S/C26H31F3N6S2/c1-4-16-13-18(35-11-9-34(2)10-12-35)7-8-20(16)32-25-30-15-19(26(27,28)29)23(33-25)21-14-22(36-3)24(37-21)31-17-5-6-17/h7-8,13-15,17,31H,4-6,9-12H2,1-3H3,(H,30,32,33). The second-order valence-electron chi connectivity index (χ2n) is 9.49. The topological polar surface area (TPSA) is 56.3 Å². The monoisotopic (exact) mass is 548 g/mol. The van der Waals surface area contributed by atoms with E-state index in [1.807, 2.05) is 12.3 Å². The fourth-order valence-corrected chi connectivity index (χ4v) is 6.33. The Hall–Kier alpha value is -2.50. The van der Waals surface area contributed by atoms with Gasteiger partial charge < -0.3 is 20.4 Å². The summed E-state index contributed by atoms with van der Waals surface area (Å²) in [6.45, 7) is 6.03. The van der Waals surface area contributed by atoms with Crippen molar-refractivity contribution in [2.45, 2.75) is 43.3 Å². The Morgan fingerprint density at radius 2 is 1.89 bits per heavy atom. The zero-order chi connectivity index (χ0) is 26.2. The summed E-state index contributed by atoms with van der Waals surface area (Å²) in [6.07, 6.45) is 1.21. The minimum absolute atomic E-state index is 0.0961. The summed E-state index contributed by atoms with van der Waals surface area (Å²) in [5, 5.41) is 7.54. The molecule has 1 aliphatic heterocycles. The molecule has 2 aromatic heterocycles. The van der Waals surface area contributed by atoms with E-state index in [1.165, 1.54) is 23.1 Å². The van der Waals surface area contributed by atoms with Gasteiger partial charge in [-0.05, 0) is 62.4 Å². The first kappa shape index (κ1) is 26.1. The number of aromatic nitrogens is 2. The first-order valence-electron chi connectivity index (χ1n) is 12.5. The first-order chi connectivity index (χ1) is 17.7. The maximum atomic E-state index is 13.9. The number of benzene rings is 1. The van der Waals surface area contributed by atoms with Crippen molar-refractivity contribution in [1.82, 2.24) is 14.9 Å². The summed E-state index contributed by atoms with van der Waals surface area (Å²) < 4.78 is 41.8. The molecule has 2 N–H and O–H groups in total. The van der Waals surface area contributed by atoms with Gasteiger partial charge >= 0.3 is 6.18 Å². The van der Waals surface area contributed by atoms with Crippen LogP contribution in [0, 0.1) is 0 Å². The summed E-state index contributed by atoms with van der Waals surface area (Å²) in [5.74, 6) is 0.154. The maximum Gasteiger partial charge on any atom is 0.420 e. The fraction of sp³-hybridized carbons (Fsp3) is 0.462. The molecule has 0 amide bonds. The predicted octanol–water partition coefficient (Wildman–Crippen LogP) is 6.58. The van der Waals surface area contributed by atoms with Crippen molar-refractivity contribution in [2.24, 2.45) is 0 Å². The van der Waals surface area contributed by atoms with Gasteiger partial charge in [0.15, 0.2) is 0 Å². The molecule has 0 spiro atoms. The van der Waals surface area contributed by atoms with E-state index in [0.29, 0.717) is 10.9 Å². The van der Waals surface area contributed by atoms with E-state index in [2.05, 4.69) is 56.5 Å². The summed E-state index contributed by atoms with van der Waals surface area (Å²) in [6, 6.07) is 8.38. The molecule has 0 atom stereocenters. The van der Waals surface area contributed by atoms with Crippen molar-refractivity contribution in [2.75, 3.05) is 55.0 Å². The normalized spacial score (nSPS) is 16.8. The summed E-state index contributed by atoms with van der Waals surface area (Å²) >= 11 is 2.84. The molecular formula is C26H31F3N6S2. The van der Waals surface area contributed by atoms with Gasteiger partial charge in [-0.2, -0.15) is 13.2 Å². The summed E-state index contributed by atoms with van der Waals surface area (Å²) in [4.78, 5) is 14.5. The van der Waals surface area contributed by atoms with Crippen molar-refractivity contribution < 1.29 is 13.2 Å². The Morgan fingerprint density at radius 3 is 2.54 bits per heavy atom. The molecule has 198 valence electrons. The van der Waals surface area contributed by atoms with Crippen molar-refractivity contribution in [3.8, 4) is 10.6 Å². The SMILES string of the molecule is CCc1cc(N2CCN(C)CC2)ccc1Nc1ncc(C(F)(F)F)c(-c2cc(SC)c(NC3CC3)s2)n1. The summed E-state index contributed by atoms with van der Waals surface area (Å²) in [7, 11) is 2.13. The van der Waals surface area contributed by atoms with E-state index in [1.54, 1.807) is 6.07 Å². The van der Waals surface area contributed by atoms with E-state index in [9.17, 15) is 13.2 Å². The number of hydrogen-bond donors (Lipinski definition) is 2. The van der Waals surface area contributed by atoms with Crippen LogP contribution in [0.3, 0.4) is 0 Å². The van der Waals surface area contributed by atoms with Crippen molar-refractivity contribution in [3.05, 3.63) is 41.6 Å². The van der Waals surface area contributed by atoms with Crippen molar-refractivity contribution in [3.63, 3.8) is 0 Å². The lowest BCUT2D eigenvalue weighted by Crippen LogP contribution is -2.44. The van der Waals surface area contributed by atoms with E-state index < -0.39 is 11.7 Å².